The van der Waals surface area contributed by atoms with Gasteiger partial charge in [0.05, 0.1) is 0 Å². The molecule has 0 atom stereocenters. The Balaban J connectivity index is 0.000000490. The van der Waals surface area contributed by atoms with Gasteiger partial charge in [0.25, 0.3) is 0 Å². The van der Waals surface area contributed by atoms with Gasteiger partial charge in [0.2, 0.25) is 0 Å². The zero-order valence-electron chi connectivity index (χ0n) is 4.64. The predicted octanol–water partition coefficient (Wildman–Crippen LogP) is -2.64. The molecule has 0 aliphatic heterocycles. The summed E-state index contributed by atoms with van der Waals surface area (Å²) >= 11 is 0. The molecule has 0 N–H and O–H groups in total. The van der Waals surface area contributed by atoms with Gasteiger partial charge >= 0.3 is 18.9 Å². The summed E-state index contributed by atoms with van der Waals surface area (Å²) in [6, 6.07) is 9.59. The quantitative estimate of drug-likeness (QED) is 0.325. The molecule has 0 unspecified atom stereocenters. The van der Waals surface area contributed by atoms with Crippen molar-refractivity contribution in [1.82, 2.24) is 0 Å². The van der Waals surface area contributed by atoms with E-state index in [1.54, 1.807) is 12.1 Å². The van der Waals surface area contributed by atoms with Crippen LogP contribution >= 0.6 is 0 Å². The minimum atomic E-state index is -0.109. The molecule has 0 saturated heterocycles. The van der Waals surface area contributed by atoms with Crippen LogP contribution in [0.5, 0.6) is 5.75 Å². The topological polar surface area (TPSA) is 23.1 Å². The van der Waals surface area contributed by atoms with Crippen molar-refractivity contribution in [1.29, 1.82) is 0 Å². The van der Waals surface area contributed by atoms with Crippen molar-refractivity contribution in [2.75, 3.05) is 0 Å². The maximum atomic E-state index is 10.2. The molecule has 2 heteroatoms. The maximum absolute atomic E-state index is 10.2. The molecular weight excluding hydrogens is 95.0 g/mol. The minimum Gasteiger partial charge on any atom is -0.866 e. The van der Waals surface area contributed by atoms with E-state index in [4.69, 9.17) is 0 Å². The van der Waals surface area contributed by atoms with Gasteiger partial charge in [-0.25, -0.2) is 0 Å². The van der Waals surface area contributed by atoms with E-state index >= 15 is 0 Å². The molecule has 0 spiro atoms. The van der Waals surface area contributed by atoms with Crippen LogP contribution in [0.25, 0.3) is 0 Å². The molecule has 0 bridgehead atoms. The molecule has 1 rings (SSSR count). The van der Waals surface area contributed by atoms with E-state index in [0.29, 0.717) is 0 Å². The number of rotatable bonds is 0. The fourth-order valence-corrected chi connectivity index (χ4v) is 0.338. The molecule has 0 saturated carbocycles. The molecule has 1 nitrogen and oxygen atoms in total. The van der Waals surface area contributed by atoms with E-state index in [1.807, 2.05) is 0 Å². The van der Waals surface area contributed by atoms with Gasteiger partial charge in [0, 0.05) is 0 Å². The summed E-state index contributed by atoms with van der Waals surface area (Å²) in [6.07, 6.45) is 0. The van der Waals surface area contributed by atoms with Crippen LogP contribution < -0.4 is 24.0 Å². The fourth-order valence-electron chi connectivity index (χ4n) is 0.338. The zero-order valence-corrected chi connectivity index (χ0v) is 4.64. The summed E-state index contributed by atoms with van der Waals surface area (Å²) in [5, 5.41) is 10.2. The Morgan fingerprint density at radius 1 is 1.50 bits per heavy atom. The summed E-state index contributed by atoms with van der Waals surface area (Å²) in [5.41, 5.74) is 0. The van der Waals surface area contributed by atoms with Gasteiger partial charge in [0.15, 0.2) is 0 Å². The molecule has 0 fully saturated rings. The first-order valence-corrected chi connectivity index (χ1v) is 1.95. The standard InChI is InChI=1S/C6H4O.Li/c7-6-4-2-1-3-5-6;/h1-2,4,7H;/q;+1/p-1. The average Bonchev–Trinajstić information content (AvgIpc) is 1.69. The summed E-state index contributed by atoms with van der Waals surface area (Å²) < 4.78 is 0. The van der Waals surface area contributed by atoms with Gasteiger partial charge < -0.3 is 5.11 Å². The first-order valence-electron chi connectivity index (χ1n) is 1.95. The van der Waals surface area contributed by atoms with Crippen molar-refractivity contribution in [3.8, 4) is 5.75 Å². The van der Waals surface area contributed by atoms with Crippen LogP contribution in [0.1, 0.15) is 0 Å². The Bertz CT molecular complexity index is 138. The fraction of sp³-hybridized carbons (Fsp3) is 0. The molecule has 0 heterocycles. The normalized spacial score (nSPS) is 6.50. The Morgan fingerprint density at radius 3 is 2.50 bits per heavy atom. The molecule has 0 aromatic heterocycles. The predicted molar refractivity (Wildman–Crippen MR) is 23.6 cm³/mol. The SMILES string of the molecule is [Li+].[O-]c1c#cccc1. The van der Waals surface area contributed by atoms with Crippen LogP contribution in [0.3, 0.4) is 0 Å². The van der Waals surface area contributed by atoms with Crippen LogP contribution in [0.4, 0.5) is 0 Å². The van der Waals surface area contributed by atoms with Crippen LogP contribution in [0.15, 0.2) is 18.2 Å². The van der Waals surface area contributed by atoms with Gasteiger partial charge in [-0.3, -0.25) is 0 Å². The van der Waals surface area contributed by atoms with Gasteiger partial charge in [-0.05, 0) is 6.07 Å². The third-order valence-electron chi connectivity index (χ3n) is 0.623. The van der Waals surface area contributed by atoms with Crippen LogP contribution in [-0.4, -0.2) is 0 Å². The molecule has 1 aromatic carbocycles. The van der Waals surface area contributed by atoms with E-state index < -0.39 is 0 Å². The van der Waals surface area contributed by atoms with Gasteiger partial charge in [0.1, 0.15) is 0 Å². The Kier molecular flexibility index (Phi) is 3.20. The van der Waals surface area contributed by atoms with Gasteiger partial charge in [-0.15, -0.1) is 0 Å². The zero-order chi connectivity index (χ0) is 5.11. The summed E-state index contributed by atoms with van der Waals surface area (Å²) in [5.74, 6) is -0.109. The average molecular weight is 98.0 g/mol. The summed E-state index contributed by atoms with van der Waals surface area (Å²) in [6.45, 7) is 0. The van der Waals surface area contributed by atoms with Crippen molar-refractivity contribution >= 4 is 0 Å². The Hall–Kier alpha value is -0.563. The van der Waals surface area contributed by atoms with Gasteiger partial charge in [-0.1, -0.05) is 30.0 Å². The third kappa shape index (κ3) is 1.94. The van der Waals surface area contributed by atoms with Crippen molar-refractivity contribution in [3.63, 3.8) is 0 Å². The van der Waals surface area contributed by atoms with E-state index in [1.165, 1.54) is 6.07 Å². The summed E-state index contributed by atoms with van der Waals surface area (Å²) in [7, 11) is 0. The van der Waals surface area contributed by atoms with Crippen molar-refractivity contribution < 1.29 is 24.0 Å². The van der Waals surface area contributed by atoms with E-state index in [0.717, 1.165) is 0 Å². The Morgan fingerprint density at radius 2 is 2.25 bits per heavy atom. The van der Waals surface area contributed by atoms with Crippen LogP contribution in [0, 0.1) is 12.1 Å². The first kappa shape index (κ1) is 7.44. The maximum Gasteiger partial charge on any atom is 1.00 e. The second-order valence-corrected chi connectivity index (χ2v) is 1.16. The monoisotopic (exact) mass is 98.0 g/mol. The molecule has 34 valence electrons. The number of hydrogen-bond donors (Lipinski definition) is 0. The third-order valence-corrected chi connectivity index (χ3v) is 0.623. The van der Waals surface area contributed by atoms with E-state index in [9.17, 15) is 5.11 Å². The van der Waals surface area contributed by atoms with Crippen LogP contribution in [0.2, 0.25) is 0 Å². The van der Waals surface area contributed by atoms with Crippen LogP contribution in [-0.2, 0) is 0 Å². The largest absolute Gasteiger partial charge is 1.00 e. The van der Waals surface area contributed by atoms with E-state index in [-0.39, 0.29) is 24.6 Å². The number of hydrogen-bond acceptors (Lipinski definition) is 1. The molecule has 0 aliphatic carbocycles. The smallest absolute Gasteiger partial charge is 0.866 e. The molecule has 1 aromatic rings. The Labute approximate surface area is 60.5 Å². The molecule has 0 radical (unpaired) electrons. The first-order chi connectivity index (χ1) is 3.39. The molecule has 0 aliphatic rings. The van der Waals surface area contributed by atoms with Gasteiger partial charge in [-0.2, -0.15) is 0 Å². The van der Waals surface area contributed by atoms with Crippen molar-refractivity contribution in [2.24, 2.45) is 0 Å². The second-order valence-electron chi connectivity index (χ2n) is 1.16. The second kappa shape index (κ2) is 3.44. The molecular formula is C6H3LiO. The summed E-state index contributed by atoms with van der Waals surface area (Å²) in [4.78, 5) is 0. The minimum absolute atomic E-state index is 0. The molecule has 8 heavy (non-hydrogen) atoms. The molecule has 0 amide bonds. The van der Waals surface area contributed by atoms with Crippen molar-refractivity contribution in [3.05, 3.63) is 30.3 Å². The van der Waals surface area contributed by atoms with Crippen molar-refractivity contribution in [2.45, 2.75) is 0 Å². The van der Waals surface area contributed by atoms with E-state index in [2.05, 4.69) is 12.1 Å².